The maximum absolute atomic E-state index is 6.54. The summed E-state index contributed by atoms with van der Waals surface area (Å²) in [7, 11) is 0. The molecule has 0 spiro atoms. The van der Waals surface area contributed by atoms with E-state index in [-0.39, 0.29) is 6.10 Å². The number of nitrogens with zero attached hydrogens (tertiary/aromatic N) is 2. The van der Waals surface area contributed by atoms with Crippen LogP contribution in [0.5, 0.6) is 0 Å². The minimum atomic E-state index is -0.306. The summed E-state index contributed by atoms with van der Waals surface area (Å²) in [6, 6.07) is 17.4. The smallest absolute Gasteiger partial charge is 0.244 e. The van der Waals surface area contributed by atoms with Crippen molar-refractivity contribution in [3.8, 4) is 0 Å². The van der Waals surface area contributed by atoms with E-state index in [0.717, 1.165) is 17.7 Å². The molecule has 4 rings (SSSR count). The van der Waals surface area contributed by atoms with E-state index in [4.69, 9.17) is 51.1 Å². The predicted molar refractivity (Wildman–Crippen MR) is 140 cm³/mol. The van der Waals surface area contributed by atoms with Crippen molar-refractivity contribution >= 4 is 46.4 Å². The van der Waals surface area contributed by atoms with Crippen LogP contribution in [0.25, 0.3) is 0 Å². The Morgan fingerprint density at radius 3 is 2.29 bits per heavy atom. The Morgan fingerprint density at radius 1 is 0.853 bits per heavy atom. The molecule has 4 aromatic rings. The van der Waals surface area contributed by atoms with Crippen LogP contribution in [-0.2, 0) is 24.4 Å². The molecule has 0 bridgehead atoms. The topological polar surface area (TPSA) is 18.0 Å². The monoisotopic (exact) mass is 533 g/mol. The molecule has 0 radical (unpaired) electrons. The molecule has 7 heteroatoms. The molecule has 0 aliphatic rings. The summed E-state index contributed by atoms with van der Waals surface area (Å²) in [6.07, 6.45) is 5.87. The fraction of sp³-hybridized carbons (Fsp3) is 0.222. The van der Waals surface area contributed by atoms with Gasteiger partial charge in [-0.1, -0.05) is 76.7 Å². The van der Waals surface area contributed by atoms with Crippen molar-refractivity contribution in [3.63, 3.8) is 0 Å². The highest BCUT2D eigenvalue weighted by molar-refractivity contribution is 6.35. The lowest BCUT2D eigenvalue weighted by Crippen LogP contribution is -2.31. The molecular weight excluding hydrogens is 510 g/mol. The van der Waals surface area contributed by atoms with Crippen molar-refractivity contribution in [2.24, 2.45) is 0 Å². The summed E-state index contributed by atoms with van der Waals surface area (Å²) < 4.78 is 10.6. The van der Waals surface area contributed by atoms with Gasteiger partial charge in [0.25, 0.3) is 0 Å². The zero-order valence-corrected chi connectivity index (χ0v) is 22.0. The average Bonchev–Trinajstić information content (AvgIpc) is 3.22. The summed E-state index contributed by atoms with van der Waals surface area (Å²) >= 11 is 25.1. The molecule has 1 atom stereocenters. The lowest BCUT2D eigenvalue weighted by Gasteiger charge is -2.19. The number of aromatic nitrogens is 2. The van der Waals surface area contributed by atoms with Crippen LogP contribution in [0.3, 0.4) is 0 Å². The van der Waals surface area contributed by atoms with Gasteiger partial charge in [-0.25, -0.2) is 9.13 Å². The lowest BCUT2D eigenvalue weighted by molar-refractivity contribution is -0.687. The van der Waals surface area contributed by atoms with Gasteiger partial charge >= 0.3 is 0 Å². The van der Waals surface area contributed by atoms with Crippen LogP contribution < -0.4 is 4.57 Å². The standard InChI is InChI=1S/C27H25Cl4N2O/c1-18-3-4-20(11-19(18)2)14-32-9-10-33(17-32)15-27(24-8-7-23(29)13-26(24)31)34-16-21-5-6-22(28)12-25(21)30/h3-13,17,27H,14-16H2,1-2H3/q+1. The third-order valence-corrected chi connectivity index (χ3v) is 6.97. The Kier molecular flexibility index (Phi) is 8.23. The molecule has 176 valence electrons. The van der Waals surface area contributed by atoms with Crippen molar-refractivity contribution in [2.45, 2.75) is 39.6 Å². The first-order valence-corrected chi connectivity index (χ1v) is 12.4. The Morgan fingerprint density at radius 2 is 1.59 bits per heavy atom. The zero-order valence-electron chi connectivity index (χ0n) is 18.9. The molecule has 1 unspecified atom stereocenters. The van der Waals surface area contributed by atoms with E-state index < -0.39 is 0 Å². The molecular formula is C27H25Cl4N2O+. The van der Waals surface area contributed by atoms with Crippen molar-refractivity contribution < 1.29 is 9.30 Å². The molecule has 0 aliphatic carbocycles. The Labute approximate surface area is 220 Å². The fourth-order valence-electron chi connectivity index (χ4n) is 3.78. The summed E-state index contributed by atoms with van der Waals surface area (Å²) in [5.74, 6) is 0. The summed E-state index contributed by atoms with van der Waals surface area (Å²) in [5, 5.41) is 2.31. The van der Waals surface area contributed by atoms with Crippen molar-refractivity contribution in [1.29, 1.82) is 0 Å². The van der Waals surface area contributed by atoms with Gasteiger partial charge in [0.2, 0.25) is 6.33 Å². The highest BCUT2D eigenvalue weighted by Gasteiger charge is 2.20. The number of imidazole rings is 1. The number of aryl methyl sites for hydroxylation is 2. The number of rotatable bonds is 8. The zero-order chi connectivity index (χ0) is 24.2. The number of ether oxygens (including phenoxy) is 1. The van der Waals surface area contributed by atoms with Gasteiger partial charge in [-0.15, -0.1) is 0 Å². The van der Waals surface area contributed by atoms with Crippen LogP contribution in [0.2, 0.25) is 20.1 Å². The summed E-state index contributed by atoms with van der Waals surface area (Å²) in [4.78, 5) is 0. The minimum absolute atomic E-state index is 0.306. The average molecular weight is 535 g/mol. The predicted octanol–water partition coefficient (Wildman–Crippen LogP) is 8.01. The van der Waals surface area contributed by atoms with Crippen LogP contribution in [0, 0.1) is 13.8 Å². The molecule has 0 aliphatic heterocycles. The first-order valence-electron chi connectivity index (χ1n) is 10.9. The van der Waals surface area contributed by atoms with Crippen LogP contribution in [0.15, 0.2) is 73.3 Å². The number of hydrogen-bond donors (Lipinski definition) is 0. The Hall–Kier alpha value is -2.01. The van der Waals surface area contributed by atoms with Crippen molar-refractivity contribution in [1.82, 2.24) is 4.57 Å². The largest absolute Gasteiger partial charge is 0.365 e. The van der Waals surface area contributed by atoms with Crippen LogP contribution in [0.1, 0.15) is 33.9 Å². The van der Waals surface area contributed by atoms with Gasteiger partial charge in [-0.2, -0.15) is 0 Å². The van der Waals surface area contributed by atoms with Crippen LogP contribution in [-0.4, -0.2) is 4.57 Å². The van der Waals surface area contributed by atoms with E-state index in [1.807, 2.05) is 24.4 Å². The second-order valence-corrected chi connectivity index (χ2v) is 10.1. The van der Waals surface area contributed by atoms with Gasteiger partial charge in [-0.05, 0) is 60.4 Å². The molecule has 3 aromatic carbocycles. The molecule has 3 nitrogen and oxygen atoms in total. The number of hydrogen-bond acceptors (Lipinski definition) is 1. The van der Waals surface area contributed by atoms with Gasteiger partial charge in [0.05, 0.1) is 6.61 Å². The van der Waals surface area contributed by atoms with Gasteiger partial charge < -0.3 is 4.74 Å². The van der Waals surface area contributed by atoms with Crippen molar-refractivity contribution in [3.05, 3.63) is 121 Å². The van der Waals surface area contributed by atoms with E-state index in [0.29, 0.717) is 33.2 Å². The Balaban J connectivity index is 1.53. The molecule has 0 saturated carbocycles. The lowest BCUT2D eigenvalue weighted by atomic mass is 10.1. The second-order valence-electron chi connectivity index (χ2n) is 8.40. The van der Waals surface area contributed by atoms with Crippen LogP contribution in [0.4, 0.5) is 0 Å². The minimum Gasteiger partial charge on any atom is -0.365 e. The third kappa shape index (κ3) is 6.35. The van der Waals surface area contributed by atoms with Gasteiger partial charge in [0.1, 0.15) is 31.6 Å². The maximum Gasteiger partial charge on any atom is 0.244 e. The van der Waals surface area contributed by atoms with Crippen molar-refractivity contribution in [2.75, 3.05) is 0 Å². The quantitative estimate of drug-likeness (QED) is 0.209. The first-order chi connectivity index (χ1) is 16.3. The van der Waals surface area contributed by atoms with E-state index >= 15 is 0 Å². The summed E-state index contributed by atoms with van der Waals surface area (Å²) in [5.41, 5.74) is 5.58. The Bertz CT molecular complexity index is 1300. The first kappa shape index (κ1) is 25.1. The van der Waals surface area contributed by atoms with E-state index in [9.17, 15) is 0 Å². The molecule has 0 N–H and O–H groups in total. The van der Waals surface area contributed by atoms with Crippen LogP contribution >= 0.6 is 46.4 Å². The SMILES string of the molecule is Cc1ccc(C[n+]2ccn(CC(OCc3ccc(Cl)cc3Cl)c3ccc(Cl)cc3Cl)c2)cc1C. The molecule has 0 amide bonds. The van der Waals surface area contributed by atoms with Gasteiger partial charge in [0.15, 0.2) is 0 Å². The molecule has 34 heavy (non-hydrogen) atoms. The normalized spacial score (nSPS) is 12.2. The van der Waals surface area contributed by atoms with Gasteiger partial charge in [-0.3, -0.25) is 0 Å². The molecule has 0 fully saturated rings. The summed E-state index contributed by atoms with van der Waals surface area (Å²) in [6.45, 7) is 5.96. The molecule has 1 heterocycles. The van der Waals surface area contributed by atoms with Gasteiger partial charge in [0, 0.05) is 25.7 Å². The second kappa shape index (κ2) is 11.2. The highest BCUT2D eigenvalue weighted by atomic mass is 35.5. The number of halogens is 4. The fourth-order valence-corrected chi connectivity index (χ4v) is 4.77. The maximum atomic E-state index is 6.54. The molecule has 0 saturated heterocycles. The molecule has 1 aromatic heterocycles. The highest BCUT2D eigenvalue weighted by Crippen LogP contribution is 2.31. The van der Waals surface area contributed by atoms with E-state index in [1.165, 1.54) is 16.7 Å². The van der Waals surface area contributed by atoms with E-state index in [2.05, 4.69) is 53.7 Å². The number of benzene rings is 3. The van der Waals surface area contributed by atoms with E-state index in [1.54, 1.807) is 18.2 Å². The third-order valence-electron chi connectivity index (χ3n) is 5.82.